The van der Waals surface area contributed by atoms with Gasteiger partial charge >= 0.3 is 6.18 Å². The predicted octanol–water partition coefficient (Wildman–Crippen LogP) is 4.82. The monoisotopic (exact) mass is 427 g/mol. The maximum atomic E-state index is 12.6. The molecule has 1 saturated carbocycles. The third-order valence-electron chi connectivity index (χ3n) is 4.93. The minimum absolute atomic E-state index is 0.00283. The van der Waals surface area contributed by atoms with Crippen LogP contribution in [0.25, 0.3) is 10.9 Å². The summed E-state index contributed by atoms with van der Waals surface area (Å²) in [5, 5.41) is 7.38. The first-order valence-electron chi connectivity index (χ1n) is 8.89. The molecule has 1 amide bonds. The normalized spacial score (nSPS) is 15.5. The zero-order valence-electron chi connectivity index (χ0n) is 15.3. The molecule has 1 fully saturated rings. The number of aromatic nitrogens is 2. The number of alkyl halides is 3. The van der Waals surface area contributed by atoms with Crippen LogP contribution in [0.4, 0.5) is 13.2 Å². The van der Waals surface area contributed by atoms with Gasteiger partial charge in [-0.1, -0.05) is 23.7 Å². The zero-order chi connectivity index (χ0) is 20.8. The highest BCUT2D eigenvalue weighted by atomic mass is 35.5. The van der Waals surface area contributed by atoms with Crippen molar-refractivity contribution in [2.75, 3.05) is 0 Å². The van der Waals surface area contributed by atoms with E-state index in [1.807, 2.05) is 13.0 Å². The number of nitrogens with one attached hydrogen (secondary N) is 2. The second-order valence-corrected chi connectivity index (χ2v) is 7.78. The van der Waals surface area contributed by atoms with Gasteiger partial charge in [-0.3, -0.25) is 4.79 Å². The molecule has 0 unspecified atom stereocenters. The second-order valence-electron chi connectivity index (χ2n) is 7.38. The summed E-state index contributed by atoms with van der Waals surface area (Å²) in [6, 6.07) is 5.98. The fraction of sp³-hybridized carbons (Fsp3) is 0.368. The van der Waals surface area contributed by atoms with Crippen LogP contribution < -0.4 is 10.1 Å². The van der Waals surface area contributed by atoms with E-state index < -0.39 is 11.9 Å². The molecule has 2 heterocycles. The van der Waals surface area contributed by atoms with E-state index in [2.05, 4.69) is 20.0 Å². The average molecular weight is 428 g/mol. The predicted molar refractivity (Wildman–Crippen MR) is 98.3 cm³/mol. The number of halogens is 4. The number of amides is 1. The Labute approximate surface area is 168 Å². The average Bonchev–Trinajstić information content (AvgIpc) is 3.07. The highest BCUT2D eigenvalue weighted by Gasteiger charge is 2.44. The van der Waals surface area contributed by atoms with Crippen molar-refractivity contribution in [2.24, 2.45) is 5.41 Å². The lowest BCUT2D eigenvalue weighted by molar-refractivity contribution is -0.155. The zero-order valence-corrected chi connectivity index (χ0v) is 16.1. The Bertz CT molecular complexity index is 1070. The Morgan fingerprint density at radius 1 is 1.34 bits per heavy atom. The number of fused-ring (bicyclic) bond motifs is 1. The molecule has 0 saturated heterocycles. The Morgan fingerprint density at radius 2 is 2.10 bits per heavy atom. The number of carbonyl (C=O) groups excluding carboxylic acids is 1. The molecule has 1 aliphatic carbocycles. The minimum atomic E-state index is -4.60. The van der Waals surface area contributed by atoms with E-state index in [0.717, 1.165) is 35.5 Å². The smallest absolute Gasteiger partial charge is 0.452 e. The summed E-state index contributed by atoms with van der Waals surface area (Å²) in [4.78, 5) is 15.2. The first-order valence-corrected chi connectivity index (χ1v) is 9.27. The Hall–Kier alpha value is -2.68. The maximum Gasteiger partial charge on any atom is 0.452 e. The van der Waals surface area contributed by atoms with Crippen LogP contribution in [0.15, 0.2) is 28.8 Å². The molecule has 3 aromatic rings. The fourth-order valence-corrected chi connectivity index (χ4v) is 3.09. The molecule has 154 valence electrons. The molecule has 6 nitrogen and oxygen atoms in total. The highest BCUT2D eigenvalue weighted by Crippen LogP contribution is 2.45. The van der Waals surface area contributed by atoms with E-state index in [1.165, 1.54) is 0 Å². The van der Waals surface area contributed by atoms with Gasteiger partial charge in [-0.05, 0) is 25.0 Å². The lowest BCUT2D eigenvalue weighted by Gasteiger charge is -2.08. The lowest BCUT2D eigenvalue weighted by Crippen LogP contribution is -2.29. The number of hydrogen-bond acceptors (Lipinski definition) is 4. The van der Waals surface area contributed by atoms with Crippen molar-refractivity contribution >= 4 is 28.4 Å². The molecule has 0 radical (unpaired) electrons. The number of ether oxygens (including phenoxy) is 1. The number of nitrogens with zero attached hydrogens (tertiary/aromatic N) is 1. The van der Waals surface area contributed by atoms with Gasteiger partial charge < -0.3 is 19.6 Å². The summed E-state index contributed by atoms with van der Waals surface area (Å²) in [7, 11) is 0. The summed E-state index contributed by atoms with van der Waals surface area (Å²) < 4.78 is 47.5. The Balaban J connectivity index is 1.44. The van der Waals surface area contributed by atoms with Crippen LogP contribution in [0.1, 0.15) is 36.9 Å². The molecule has 10 heteroatoms. The Kier molecular flexibility index (Phi) is 4.72. The molecule has 1 aliphatic rings. The van der Waals surface area contributed by atoms with Crippen LogP contribution in [0.3, 0.4) is 0 Å². The van der Waals surface area contributed by atoms with Crippen molar-refractivity contribution in [3.8, 4) is 5.75 Å². The van der Waals surface area contributed by atoms with Crippen molar-refractivity contribution in [3.63, 3.8) is 0 Å². The van der Waals surface area contributed by atoms with Gasteiger partial charge in [0.2, 0.25) is 11.7 Å². The molecular weight excluding hydrogens is 411 g/mol. The SMILES string of the molecule is CC1(C(=O)NCc2cc3cc(Cl)c(OCc4cc(C(F)(F)F)on4)cc3[nH]2)CC1. The van der Waals surface area contributed by atoms with Gasteiger partial charge in [-0.2, -0.15) is 13.2 Å². The quantitative estimate of drug-likeness (QED) is 0.591. The van der Waals surface area contributed by atoms with E-state index in [-0.39, 0.29) is 23.6 Å². The highest BCUT2D eigenvalue weighted by molar-refractivity contribution is 6.32. The summed E-state index contributed by atoms with van der Waals surface area (Å²) in [6.07, 6.45) is -2.80. The maximum absolute atomic E-state index is 12.6. The third kappa shape index (κ3) is 4.19. The van der Waals surface area contributed by atoms with E-state index in [9.17, 15) is 18.0 Å². The van der Waals surface area contributed by atoms with Crippen molar-refractivity contribution in [3.05, 3.63) is 46.4 Å². The number of rotatable bonds is 6. The van der Waals surface area contributed by atoms with E-state index in [0.29, 0.717) is 17.3 Å². The number of H-pyrrole nitrogens is 1. The second kappa shape index (κ2) is 6.98. The van der Waals surface area contributed by atoms with Gasteiger partial charge in [-0.25, -0.2) is 0 Å². The van der Waals surface area contributed by atoms with E-state index >= 15 is 0 Å². The van der Waals surface area contributed by atoms with Crippen molar-refractivity contribution in [1.82, 2.24) is 15.5 Å². The van der Waals surface area contributed by atoms with Gasteiger partial charge in [-0.15, -0.1) is 0 Å². The molecule has 29 heavy (non-hydrogen) atoms. The standard InChI is InChI=1S/C19H17ClF3N3O3/c1-18(2-3-18)17(27)24-8-11-4-10-5-13(20)15(7-14(10)25-11)28-9-12-6-16(29-26-12)19(21,22)23/h4-7,25H,2-3,8-9H2,1H3,(H,24,27). The molecule has 0 aliphatic heterocycles. The molecule has 2 aromatic heterocycles. The van der Waals surface area contributed by atoms with Gasteiger partial charge in [0.25, 0.3) is 0 Å². The first-order chi connectivity index (χ1) is 13.6. The number of aromatic amines is 1. The van der Waals surface area contributed by atoms with Crippen LogP contribution in [0.5, 0.6) is 5.75 Å². The Morgan fingerprint density at radius 3 is 2.76 bits per heavy atom. The van der Waals surface area contributed by atoms with Gasteiger partial charge in [0.15, 0.2) is 0 Å². The third-order valence-corrected chi connectivity index (χ3v) is 5.23. The van der Waals surface area contributed by atoms with Crippen LogP contribution in [0, 0.1) is 5.41 Å². The van der Waals surface area contributed by atoms with Gasteiger partial charge in [0.05, 0.1) is 11.6 Å². The fourth-order valence-electron chi connectivity index (χ4n) is 2.87. The molecule has 4 rings (SSSR count). The summed E-state index contributed by atoms with van der Waals surface area (Å²) >= 11 is 6.22. The number of hydrogen-bond donors (Lipinski definition) is 2. The first kappa shape index (κ1) is 19.6. The van der Waals surface area contributed by atoms with Gasteiger partial charge in [0.1, 0.15) is 18.1 Å². The van der Waals surface area contributed by atoms with Crippen molar-refractivity contribution in [1.29, 1.82) is 0 Å². The molecule has 1 aromatic carbocycles. The molecule has 2 N–H and O–H groups in total. The summed E-state index contributed by atoms with van der Waals surface area (Å²) in [6.45, 7) is 2.06. The minimum Gasteiger partial charge on any atom is -0.486 e. The number of benzene rings is 1. The number of carbonyl (C=O) groups is 1. The van der Waals surface area contributed by atoms with E-state index in [1.54, 1.807) is 12.1 Å². The molecular formula is C19H17ClF3N3O3. The van der Waals surface area contributed by atoms with Crippen LogP contribution in [-0.2, 0) is 24.1 Å². The van der Waals surface area contributed by atoms with Crippen LogP contribution >= 0.6 is 11.6 Å². The van der Waals surface area contributed by atoms with Crippen LogP contribution in [0.2, 0.25) is 5.02 Å². The topological polar surface area (TPSA) is 80.2 Å². The summed E-state index contributed by atoms with van der Waals surface area (Å²) in [5.74, 6) is -0.864. The van der Waals surface area contributed by atoms with Gasteiger partial charge in [0, 0.05) is 34.1 Å². The largest absolute Gasteiger partial charge is 0.486 e. The molecule has 0 bridgehead atoms. The van der Waals surface area contributed by atoms with Crippen molar-refractivity contribution < 1.29 is 27.2 Å². The molecule has 0 spiro atoms. The summed E-state index contributed by atoms with van der Waals surface area (Å²) in [5.41, 5.74) is 1.28. The van der Waals surface area contributed by atoms with Crippen molar-refractivity contribution in [2.45, 2.75) is 39.1 Å². The molecule has 0 atom stereocenters. The van der Waals surface area contributed by atoms with E-state index in [4.69, 9.17) is 16.3 Å². The lowest BCUT2D eigenvalue weighted by atomic mass is 10.1. The van der Waals surface area contributed by atoms with Crippen LogP contribution in [-0.4, -0.2) is 16.0 Å².